The number of rotatable bonds is 3. The Labute approximate surface area is 127 Å². The van der Waals surface area contributed by atoms with E-state index in [1.165, 1.54) is 0 Å². The van der Waals surface area contributed by atoms with Crippen molar-refractivity contribution < 1.29 is 0 Å². The van der Waals surface area contributed by atoms with Gasteiger partial charge in [-0.3, -0.25) is 0 Å². The summed E-state index contributed by atoms with van der Waals surface area (Å²) in [5.74, 6) is 1.01. The minimum Gasteiger partial charge on any atom is -0.364 e. The highest BCUT2D eigenvalue weighted by atomic mass is 35.5. The predicted molar refractivity (Wildman–Crippen MR) is 82.9 cm³/mol. The van der Waals surface area contributed by atoms with Gasteiger partial charge in [0.25, 0.3) is 0 Å². The second-order valence-corrected chi connectivity index (χ2v) is 6.20. The van der Waals surface area contributed by atoms with Crippen LogP contribution in [-0.4, -0.2) is 20.7 Å². The van der Waals surface area contributed by atoms with Gasteiger partial charge in [0.1, 0.15) is 0 Å². The zero-order valence-electron chi connectivity index (χ0n) is 11.4. The zero-order chi connectivity index (χ0) is 14.8. The van der Waals surface area contributed by atoms with Crippen molar-refractivity contribution >= 4 is 40.7 Å². The monoisotopic (exact) mass is 311 g/mol. The molecule has 0 aliphatic heterocycles. The lowest BCUT2D eigenvalue weighted by Crippen LogP contribution is -2.27. The third-order valence-corrected chi connectivity index (χ3v) is 2.62. The molecule has 0 aliphatic rings. The second kappa shape index (κ2) is 5.81. The van der Waals surface area contributed by atoms with E-state index in [4.69, 9.17) is 23.2 Å². The van der Waals surface area contributed by atoms with Gasteiger partial charge < -0.3 is 10.6 Å². The third kappa shape index (κ3) is 4.51. The Bertz CT molecular complexity index is 590. The van der Waals surface area contributed by atoms with Crippen LogP contribution in [0.3, 0.4) is 0 Å². The van der Waals surface area contributed by atoms with Gasteiger partial charge in [0.05, 0.1) is 6.20 Å². The normalized spacial score (nSPS) is 11.2. The Kier molecular flexibility index (Phi) is 4.30. The van der Waals surface area contributed by atoms with Crippen LogP contribution >= 0.6 is 23.2 Å². The maximum atomic E-state index is 5.94. The van der Waals surface area contributed by atoms with E-state index in [9.17, 15) is 0 Å². The zero-order valence-corrected chi connectivity index (χ0v) is 12.9. The number of benzene rings is 1. The van der Waals surface area contributed by atoms with Crippen molar-refractivity contribution in [1.82, 2.24) is 15.2 Å². The van der Waals surface area contributed by atoms with Gasteiger partial charge in [0, 0.05) is 21.3 Å². The van der Waals surface area contributed by atoms with E-state index in [0.29, 0.717) is 27.5 Å². The summed E-state index contributed by atoms with van der Waals surface area (Å²) in [6.07, 6.45) is 1.57. The lowest BCUT2D eigenvalue weighted by Gasteiger charge is -2.20. The molecule has 1 aromatic carbocycles. The first-order chi connectivity index (χ1) is 9.32. The summed E-state index contributed by atoms with van der Waals surface area (Å²) < 4.78 is 0. The predicted octanol–water partition coefficient (Wildman–Crippen LogP) is 4.13. The van der Waals surface area contributed by atoms with Gasteiger partial charge in [-0.05, 0) is 39.0 Å². The SMILES string of the molecule is CC(C)(C)Nc1cnnc(Nc2cc(Cl)cc(Cl)c2)n1. The minimum atomic E-state index is -0.104. The fourth-order valence-corrected chi connectivity index (χ4v) is 2.08. The number of anilines is 3. The molecule has 0 atom stereocenters. The van der Waals surface area contributed by atoms with E-state index in [2.05, 4.69) is 25.8 Å². The molecule has 0 saturated carbocycles. The quantitative estimate of drug-likeness (QED) is 0.892. The van der Waals surface area contributed by atoms with E-state index in [0.717, 1.165) is 0 Å². The average molecular weight is 312 g/mol. The summed E-state index contributed by atoms with van der Waals surface area (Å²) in [6, 6.07) is 5.13. The van der Waals surface area contributed by atoms with E-state index in [1.807, 2.05) is 20.8 Å². The number of halogens is 2. The topological polar surface area (TPSA) is 62.7 Å². The number of hydrogen-bond donors (Lipinski definition) is 2. The molecule has 0 saturated heterocycles. The molecule has 2 N–H and O–H groups in total. The van der Waals surface area contributed by atoms with E-state index in [1.54, 1.807) is 24.4 Å². The maximum Gasteiger partial charge on any atom is 0.249 e. The third-order valence-electron chi connectivity index (χ3n) is 2.18. The van der Waals surface area contributed by atoms with Crippen LogP contribution in [0.15, 0.2) is 24.4 Å². The van der Waals surface area contributed by atoms with Crippen molar-refractivity contribution in [3.63, 3.8) is 0 Å². The first-order valence-electron chi connectivity index (χ1n) is 6.03. The Morgan fingerprint density at radius 3 is 2.30 bits per heavy atom. The second-order valence-electron chi connectivity index (χ2n) is 5.32. The summed E-state index contributed by atoms with van der Waals surface area (Å²) in [6.45, 7) is 6.12. The largest absolute Gasteiger partial charge is 0.364 e. The van der Waals surface area contributed by atoms with E-state index < -0.39 is 0 Å². The molecule has 0 radical (unpaired) electrons. The van der Waals surface area contributed by atoms with Gasteiger partial charge in [-0.25, -0.2) is 0 Å². The van der Waals surface area contributed by atoms with Crippen molar-refractivity contribution in [2.75, 3.05) is 10.6 Å². The molecule has 106 valence electrons. The Morgan fingerprint density at radius 1 is 1.05 bits per heavy atom. The van der Waals surface area contributed by atoms with Gasteiger partial charge in [0.2, 0.25) is 5.95 Å². The summed E-state index contributed by atoms with van der Waals surface area (Å²) in [4.78, 5) is 4.33. The fraction of sp³-hybridized carbons (Fsp3) is 0.308. The molecule has 1 aromatic heterocycles. The first kappa shape index (κ1) is 14.8. The highest BCUT2D eigenvalue weighted by Gasteiger charge is 2.11. The lowest BCUT2D eigenvalue weighted by molar-refractivity contribution is 0.629. The van der Waals surface area contributed by atoms with E-state index >= 15 is 0 Å². The molecule has 20 heavy (non-hydrogen) atoms. The fourth-order valence-electron chi connectivity index (χ4n) is 1.56. The van der Waals surface area contributed by atoms with Gasteiger partial charge in [-0.15, -0.1) is 5.10 Å². The Hall–Kier alpha value is -1.59. The molecule has 0 bridgehead atoms. The van der Waals surface area contributed by atoms with Gasteiger partial charge in [0.15, 0.2) is 5.82 Å². The van der Waals surface area contributed by atoms with Gasteiger partial charge in [-0.2, -0.15) is 10.1 Å². The minimum absolute atomic E-state index is 0.104. The number of aromatic nitrogens is 3. The molecular formula is C13H15Cl2N5. The molecule has 1 heterocycles. The Morgan fingerprint density at radius 2 is 1.70 bits per heavy atom. The van der Waals surface area contributed by atoms with E-state index in [-0.39, 0.29) is 5.54 Å². The van der Waals surface area contributed by atoms with Gasteiger partial charge in [-0.1, -0.05) is 23.2 Å². The standard InChI is InChI=1S/C13H15Cl2N5/c1-13(2,3)19-11-7-16-20-12(18-11)17-10-5-8(14)4-9(15)6-10/h4-7H,1-3H3,(H2,17,18,19,20). The van der Waals surface area contributed by atoms with Crippen LogP contribution in [0, 0.1) is 0 Å². The number of hydrogen-bond acceptors (Lipinski definition) is 5. The Balaban J connectivity index is 2.19. The van der Waals surface area contributed by atoms with Crippen LogP contribution in [0.25, 0.3) is 0 Å². The van der Waals surface area contributed by atoms with Crippen LogP contribution in [0.2, 0.25) is 10.0 Å². The molecule has 0 amide bonds. The highest BCUT2D eigenvalue weighted by molar-refractivity contribution is 6.35. The van der Waals surface area contributed by atoms with Crippen LogP contribution < -0.4 is 10.6 Å². The maximum absolute atomic E-state index is 5.94. The van der Waals surface area contributed by atoms with Crippen molar-refractivity contribution in [3.8, 4) is 0 Å². The lowest BCUT2D eigenvalue weighted by atomic mass is 10.1. The van der Waals surface area contributed by atoms with Crippen LogP contribution in [-0.2, 0) is 0 Å². The highest BCUT2D eigenvalue weighted by Crippen LogP contribution is 2.24. The molecule has 0 aliphatic carbocycles. The molecule has 5 nitrogen and oxygen atoms in total. The molecule has 0 fully saturated rings. The van der Waals surface area contributed by atoms with Crippen molar-refractivity contribution in [1.29, 1.82) is 0 Å². The summed E-state index contributed by atoms with van der Waals surface area (Å²) >= 11 is 11.9. The first-order valence-corrected chi connectivity index (χ1v) is 6.78. The molecule has 0 spiro atoms. The summed E-state index contributed by atoms with van der Waals surface area (Å²) in [5, 5.41) is 15.2. The van der Waals surface area contributed by atoms with Crippen molar-refractivity contribution in [2.45, 2.75) is 26.3 Å². The van der Waals surface area contributed by atoms with Crippen LogP contribution in [0.1, 0.15) is 20.8 Å². The van der Waals surface area contributed by atoms with Crippen molar-refractivity contribution in [2.24, 2.45) is 0 Å². The average Bonchev–Trinajstić information content (AvgIpc) is 2.25. The molecule has 0 unspecified atom stereocenters. The number of nitrogens with zero attached hydrogens (tertiary/aromatic N) is 3. The number of nitrogens with one attached hydrogen (secondary N) is 2. The van der Waals surface area contributed by atoms with Gasteiger partial charge >= 0.3 is 0 Å². The molecule has 7 heteroatoms. The molecular weight excluding hydrogens is 297 g/mol. The molecule has 2 rings (SSSR count). The smallest absolute Gasteiger partial charge is 0.249 e. The van der Waals surface area contributed by atoms with Crippen LogP contribution in [0.5, 0.6) is 0 Å². The summed E-state index contributed by atoms with van der Waals surface area (Å²) in [7, 11) is 0. The summed E-state index contributed by atoms with van der Waals surface area (Å²) in [5.41, 5.74) is 0.601. The van der Waals surface area contributed by atoms with Crippen LogP contribution in [0.4, 0.5) is 17.5 Å². The molecule has 2 aromatic rings. The van der Waals surface area contributed by atoms with Crippen molar-refractivity contribution in [3.05, 3.63) is 34.4 Å².